The number of methoxy groups -OCH3 is 2. The first-order valence-electron chi connectivity index (χ1n) is 14.8. The number of nitrogens with zero attached hydrogens (tertiary/aromatic N) is 2. The molecule has 3 rings (SSSR count). The number of hydrogen-bond donors (Lipinski definition) is 3. The lowest BCUT2D eigenvalue weighted by molar-refractivity contribution is -0.113. The maximum Gasteiger partial charge on any atom is 0.252 e. The molecule has 242 valence electrons. The molecule has 0 heterocycles. The minimum absolute atomic E-state index is 0.245. The van der Waals surface area contributed by atoms with E-state index in [0.717, 1.165) is 38.1 Å². The van der Waals surface area contributed by atoms with Gasteiger partial charge in [-0.1, -0.05) is 43.8 Å². The number of amides is 1. The molecule has 1 aliphatic carbocycles. The molecule has 0 unspecified atom stereocenters. The molecule has 2 aromatic rings. The summed E-state index contributed by atoms with van der Waals surface area (Å²) in [5, 5.41) is 10.3. The van der Waals surface area contributed by atoms with Crippen LogP contribution in [0, 0.1) is 0 Å². The van der Waals surface area contributed by atoms with Crippen LogP contribution < -0.4 is 26.0 Å². The summed E-state index contributed by atoms with van der Waals surface area (Å²) in [6, 6.07) is 12.7. The van der Waals surface area contributed by atoms with Gasteiger partial charge in [0.15, 0.2) is 0 Å². The Balaban J connectivity index is 1.63. The Morgan fingerprint density at radius 3 is 2.44 bits per heavy atom. The van der Waals surface area contributed by atoms with Gasteiger partial charge in [-0.15, -0.1) is 0 Å². The highest BCUT2D eigenvalue weighted by molar-refractivity contribution is 7.70. The molecule has 45 heavy (non-hydrogen) atoms. The maximum atomic E-state index is 13.0. The first-order valence-corrected chi connectivity index (χ1v) is 17.8. The Hall–Kier alpha value is -3.78. The molecule has 2 aromatic carbocycles. The van der Waals surface area contributed by atoms with Crippen LogP contribution in [0.3, 0.4) is 0 Å². The molecule has 1 amide bonds. The van der Waals surface area contributed by atoms with Crippen molar-refractivity contribution in [1.82, 2.24) is 4.90 Å². The van der Waals surface area contributed by atoms with Gasteiger partial charge in [-0.2, -0.15) is 0 Å². The summed E-state index contributed by atoms with van der Waals surface area (Å²) < 4.78 is 23.5. The van der Waals surface area contributed by atoms with E-state index < -0.39 is 7.14 Å². The van der Waals surface area contributed by atoms with Crippen molar-refractivity contribution < 1.29 is 18.8 Å². The smallest absolute Gasteiger partial charge is 0.252 e. The number of anilines is 3. The summed E-state index contributed by atoms with van der Waals surface area (Å²) in [6.07, 6.45) is 4.34. The van der Waals surface area contributed by atoms with Crippen molar-refractivity contribution >= 4 is 52.9 Å². The summed E-state index contributed by atoms with van der Waals surface area (Å²) in [4.78, 5) is 19.7. The first-order chi connectivity index (χ1) is 21.4. The zero-order valence-corrected chi connectivity index (χ0v) is 28.8. The Bertz CT molecular complexity index is 1560. The van der Waals surface area contributed by atoms with Crippen molar-refractivity contribution in [3.05, 3.63) is 89.5 Å². The number of hydrogen-bond acceptors (Lipinski definition) is 7. The average molecular weight is 654 g/mol. The summed E-state index contributed by atoms with van der Waals surface area (Å²) >= 11 is 6.48. The lowest BCUT2D eigenvalue weighted by Crippen LogP contribution is -2.31. The number of para-hydroxylation sites is 1. The summed E-state index contributed by atoms with van der Waals surface area (Å²) in [6.45, 7) is 17.6. The molecule has 0 atom stereocenters. The van der Waals surface area contributed by atoms with Crippen molar-refractivity contribution in [1.29, 1.82) is 0 Å². The quantitative estimate of drug-likeness (QED) is 0.0538. The van der Waals surface area contributed by atoms with Gasteiger partial charge in [-0.25, -0.2) is 4.99 Å². The number of rotatable bonds is 17. The van der Waals surface area contributed by atoms with Gasteiger partial charge in [0.25, 0.3) is 5.91 Å². The highest BCUT2D eigenvalue weighted by atomic mass is 35.5. The van der Waals surface area contributed by atoms with Crippen LogP contribution in [0.5, 0.6) is 5.75 Å². The highest BCUT2D eigenvalue weighted by Gasteiger charge is 2.23. The number of amidine groups is 1. The normalized spacial score (nSPS) is 13.4. The van der Waals surface area contributed by atoms with E-state index in [4.69, 9.17) is 21.1 Å². The number of ether oxygens (including phenoxy) is 2. The number of nitrogens with one attached hydrogen (secondary N) is 3. The van der Waals surface area contributed by atoms with Crippen molar-refractivity contribution in [3.63, 3.8) is 0 Å². The van der Waals surface area contributed by atoms with E-state index in [9.17, 15) is 9.36 Å². The molecular weight excluding hydrogens is 609 g/mol. The zero-order chi connectivity index (χ0) is 33.1. The summed E-state index contributed by atoms with van der Waals surface area (Å²) in [7, 11) is 0.764. The third-order valence-corrected chi connectivity index (χ3v) is 8.97. The summed E-state index contributed by atoms with van der Waals surface area (Å²) in [5.74, 6) is 1.93. The fourth-order valence-corrected chi connectivity index (χ4v) is 5.90. The van der Waals surface area contributed by atoms with Crippen LogP contribution >= 0.6 is 18.7 Å². The van der Waals surface area contributed by atoms with Crippen LogP contribution in [0.15, 0.2) is 94.4 Å². The number of halogens is 1. The second-order valence-electron chi connectivity index (χ2n) is 11.2. The van der Waals surface area contributed by atoms with Crippen LogP contribution in [0.1, 0.15) is 33.1 Å². The zero-order valence-electron chi connectivity index (χ0n) is 27.1. The SMILES string of the molecule is C=C(CN(CCC)CCC1=C(OC)C1)C(=O)Nc1ccc(OC)c(NC(C)=N/C=C(/Cl)C(=C)Nc2ccccc2P(C)(C)=O)c1. The number of benzene rings is 2. The van der Waals surface area contributed by atoms with Crippen LogP contribution in [-0.2, 0) is 14.1 Å². The molecule has 11 heteroatoms. The largest absolute Gasteiger partial charge is 0.501 e. The second kappa shape index (κ2) is 16.5. The van der Waals surface area contributed by atoms with Crippen molar-refractivity contribution in [2.75, 3.05) is 63.1 Å². The molecule has 0 saturated heterocycles. The third kappa shape index (κ3) is 11.0. The van der Waals surface area contributed by atoms with Gasteiger partial charge in [0.05, 0.1) is 36.4 Å². The van der Waals surface area contributed by atoms with Gasteiger partial charge in [0, 0.05) is 48.0 Å². The van der Waals surface area contributed by atoms with Crippen molar-refractivity contribution in [3.8, 4) is 5.75 Å². The average Bonchev–Trinajstić information content (AvgIpc) is 3.77. The monoisotopic (exact) mass is 653 g/mol. The Kier molecular flexibility index (Phi) is 13.1. The molecule has 0 spiro atoms. The number of carbonyl (C=O) groups is 1. The fraction of sp³-hybridized carbons (Fsp3) is 0.353. The fourth-order valence-electron chi connectivity index (χ4n) is 4.65. The molecule has 0 saturated carbocycles. The minimum Gasteiger partial charge on any atom is -0.501 e. The number of allylic oxidation sites excluding steroid dienone is 2. The minimum atomic E-state index is -2.51. The molecule has 0 aliphatic heterocycles. The van der Waals surface area contributed by atoms with Crippen LogP contribution in [-0.4, -0.2) is 63.8 Å². The van der Waals surface area contributed by atoms with E-state index in [1.807, 2.05) is 24.3 Å². The van der Waals surface area contributed by atoms with Crippen molar-refractivity contribution in [2.24, 2.45) is 4.99 Å². The predicted octanol–water partition coefficient (Wildman–Crippen LogP) is 7.38. The molecule has 1 aliphatic rings. The van der Waals surface area contributed by atoms with Gasteiger partial charge >= 0.3 is 0 Å². The van der Waals surface area contributed by atoms with Crippen LogP contribution in [0.2, 0.25) is 0 Å². The van der Waals surface area contributed by atoms with Gasteiger partial charge in [0.1, 0.15) is 18.7 Å². The van der Waals surface area contributed by atoms with Crippen LogP contribution in [0.25, 0.3) is 0 Å². The van der Waals surface area contributed by atoms with Gasteiger partial charge in [-0.3, -0.25) is 9.69 Å². The standard InChI is InChI=1S/C34H45ClN5O4P/c1-9-17-40(18-16-26-19-32(26)44-6)22-23(2)34(41)39-27-14-15-31(43-5)30(20-27)38-25(4)36-21-28(35)24(3)37-29-12-10-11-13-33(29)45(7,8)42/h10-15,20-21,37H,2-3,9,16-19,22H2,1,4-8H3,(H,36,38)(H,39,41)/b28-21+. The molecule has 9 nitrogen and oxygen atoms in total. The van der Waals surface area contributed by atoms with E-state index in [1.165, 1.54) is 11.8 Å². The third-order valence-electron chi connectivity index (χ3n) is 7.10. The van der Waals surface area contributed by atoms with Gasteiger partial charge < -0.3 is 30.0 Å². The predicted molar refractivity (Wildman–Crippen MR) is 190 cm³/mol. The van der Waals surface area contributed by atoms with Crippen LogP contribution in [0.4, 0.5) is 17.1 Å². The van der Waals surface area contributed by atoms with Gasteiger partial charge in [-0.05, 0) is 75.5 Å². The van der Waals surface area contributed by atoms with Crippen molar-refractivity contribution in [2.45, 2.75) is 33.1 Å². The lowest BCUT2D eigenvalue weighted by Gasteiger charge is -2.22. The highest BCUT2D eigenvalue weighted by Crippen LogP contribution is 2.38. The lowest BCUT2D eigenvalue weighted by atomic mass is 10.2. The number of aliphatic imine (C=N–C) groups is 1. The summed E-state index contributed by atoms with van der Waals surface area (Å²) in [5.41, 5.74) is 4.12. The Morgan fingerprint density at radius 1 is 1.07 bits per heavy atom. The second-order valence-corrected chi connectivity index (χ2v) is 14.8. The maximum absolute atomic E-state index is 13.0. The van der Waals surface area contributed by atoms with E-state index in [2.05, 4.69) is 45.9 Å². The Morgan fingerprint density at radius 2 is 1.80 bits per heavy atom. The van der Waals surface area contributed by atoms with Gasteiger partial charge in [0.2, 0.25) is 0 Å². The van der Waals surface area contributed by atoms with E-state index in [0.29, 0.717) is 51.8 Å². The molecule has 0 fully saturated rings. The topological polar surface area (TPSA) is 104 Å². The molecular formula is C34H45ClN5O4P. The van der Waals surface area contributed by atoms with E-state index in [1.54, 1.807) is 52.7 Å². The van der Waals surface area contributed by atoms with E-state index in [-0.39, 0.29) is 10.9 Å². The Labute approximate surface area is 272 Å². The molecule has 0 radical (unpaired) electrons. The molecule has 0 aromatic heterocycles. The molecule has 0 bridgehead atoms. The first kappa shape index (κ1) is 35.7. The molecule has 3 N–H and O–H groups in total. The van der Waals surface area contributed by atoms with E-state index >= 15 is 0 Å². The number of carbonyl (C=O) groups excluding carboxylic acids is 1.